The molecule has 2 aliphatic rings. The standard InChI is InChI=1S/C14H28N2O/c1-11-4-5-14(10-15,8-12(11)2)16-6-7-17-9-13(16)3/h11-13H,4-10,15H2,1-3H3. The number of nitrogens with two attached hydrogens (primary N) is 1. The third-order valence-corrected chi connectivity index (χ3v) is 5.10. The van der Waals surface area contributed by atoms with Crippen molar-refractivity contribution < 1.29 is 4.74 Å². The number of rotatable bonds is 2. The Morgan fingerprint density at radius 1 is 1.29 bits per heavy atom. The molecule has 4 unspecified atom stereocenters. The summed E-state index contributed by atoms with van der Waals surface area (Å²) < 4.78 is 5.56. The Kier molecular flexibility index (Phi) is 4.11. The molecule has 0 bridgehead atoms. The molecule has 100 valence electrons. The fourth-order valence-corrected chi connectivity index (χ4v) is 3.68. The van der Waals surface area contributed by atoms with Crippen molar-refractivity contribution in [3.8, 4) is 0 Å². The van der Waals surface area contributed by atoms with E-state index < -0.39 is 0 Å². The average Bonchev–Trinajstić information content (AvgIpc) is 2.34. The fourth-order valence-electron chi connectivity index (χ4n) is 3.68. The lowest BCUT2D eigenvalue weighted by Gasteiger charge is -2.53. The normalized spacial score (nSPS) is 44.8. The Hall–Kier alpha value is -0.120. The predicted octanol–water partition coefficient (Wildman–Crippen LogP) is 1.86. The molecule has 0 aromatic heterocycles. The quantitative estimate of drug-likeness (QED) is 0.800. The van der Waals surface area contributed by atoms with Gasteiger partial charge in [-0.1, -0.05) is 13.8 Å². The molecule has 2 rings (SSSR count). The van der Waals surface area contributed by atoms with E-state index in [1.807, 2.05) is 0 Å². The Balaban J connectivity index is 2.13. The summed E-state index contributed by atoms with van der Waals surface area (Å²) in [5, 5.41) is 0. The van der Waals surface area contributed by atoms with Gasteiger partial charge in [0.15, 0.2) is 0 Å². The summed E-state index contributed by atoms with van der Waals surface area (Å²) in [5.41, 5.74) is 6.40. The minimum atomic E-state index is 0.245. The van der Waals surface area contributed by atoms with Gasteiger partial charge in [-0.2, -0.15) is 0 Å². The van der Waals surface area contributed by atoms with Gasteiger partial charge in [0.1, 0.15) is 0 Å². The van der Waals surface area contributed by atoms with Gasteiger partial charge in [0.25, 0.3) is 0 Å². The first-order valence-corrected chi connectivity index (χ1v) is 7.13. The molecule has 17 heavy (non-hydrogen) atoms. The average molecular weight is 240 g/mol. The summed E-state index contributed by atoms with van der Waals surface area (Å²) in [4.78, 5) is 2.64. The molecule has 1 aliphatic heterocycles. The van der Waals surface area contributed by atoms with Crippen LogP contribution in [0.25, 0.3) is 0 Å². The highest BCUT2D eigenvalue weighted by Crippen LogP contribution is 2.40. The molecule has 1 saturated heterocycles. The van der Waals surface area contributed by atoms with Crippen LogP contribution in [0.5, 0.6) is 0 Å². The highest BCUT2D eigenvalue weighted by molar-refractivity contribution is 4.99. The van der Waals surface area contributed by atoms with E-state index in [1.54, 1.807) is 0 Å². The van der Waals surface area contributed by atoms with Gasteiger partial charge in [-0.3, -0.25) is 4.90 Å². The van der Waals surface area contributed by atoms with Crippen LogP contribution in [-0.2, 0) is 4.74 Å². The monoisotopic (exact) mass is 240 g/mol. The number of hydrogen-bond donors (Lipinski definition) is 1. The summed E-state index contributed by atoms with van der Waals surface area (Å²) in [5.74, 6) is 1.65. The van der Waals surface area contributed by atoms with Crippen molar-refractivity contribution in [2.24, 2.45) is 17.6 Å². The first-order valence-electron chi connectivity index (χ1n) is 7.13. The van der Waals surface area contributed by atoms with Crippen molar-refractivity contribution in [3.05, 3.63) is 0 Å². The van der Waals surface area contributed by atoms with Crippen LogP contribution in [-0.4, -0.2) is 42.8 Å². The Morgan fingerprint density at radius 3 is 2.65 bits per heavy atom. The third-order valence-electron chi connectivity index (χ3n) is 5.10. The maximum atomic E-state index is 6.16. The maximum Gasteiger partial charge on any atom is 0.0620 e. The smallest absolute Gasteiger partial charge is 0.0620 e. The minimum Gasteiger partial charge on any atom is -0.379 e. The topological polar surface area (TPSA) is 38.5 Å². The second kappa shape index (κ2) is 5.25. The number of hydrogen-bond acceptors (Lipinski definition) is 3. The van der Waals surface area contributed by atoms with Crippen molar-refractivity contribution in [2.75, 3.05) is 26.3 Å². The largest absolute Gasteiger partial charge is 0.379 e. The van der Waals surface area contributed by atoms with E-state index in [0.717, 1.165) is 38.1 Å². The zero-order valence-electron chi connectivity index (χ0n) is 11.6. The number of nitrogens with zero attached hydrogens (tertiary/aromatic N) is 1. The van der Waals surface area contributed by atoms with Crippen LogP contribution in [0.2, 0.25) is 0 Å². The van der Waals surface area contributed by atoms with Gasteiger partial charge in [-0.15, -0.1) is 0 Å². The molecule has 3 nitrogen and oxygen atoms in total. The zero-order chi connectivity index (χ0) is 12.5. The Morgan fingerprint density at radius 2 is 2.06 bits per heavy atom. The van der Waals surface area contributed by atoms with Crippen LogP contribution >= 0.6 is 0 Å². The molecule has 3 heteroatoms. The lowest BCUT2D eigenvalue weighted by molar-refractivity contribution is -0.0798. The molecule has 0 spiro atoms. The summed E-state index contributed by atoms with van der Waals surface area (Å²) in [7, 11) is 0. The van der Waals surface area contributed by atoms with E-state index in [9.17, 15) is 0 Å². The van der Waals surface area contributed by atoms with Gasteiger partial charge in [-0.05, 0) is 38.0 Å². The lowest BCUT2D eigenvalue weighted by Crippen LogP contribution is -2.63. The van der Waals surface area contributed by atoms with Gasteiger partial charge in [-0.25, -0.2) is 0 Å². The van der Waals surface area contributed by atoms with Crippen molar-refractivity contribution in [3.63, 3.8) is 0 Å². The molecule has 2 N–H and O–H groups in total. The summed E-state index contributed by atoms with van der Waals surface area (Å²) in [6.07, 6.45) is 3.84. The van der Waals surface area contributed by atoms with Crippen molar-refractivity contribution in [1.29, 1.82) is 0 Å². The molecule has 0 aromatic carbocycles. The van der Waals surface area contributed by atoms with Gasteiger partial charge in [0.2, 0.25) is 0 Å². The SMILES string of the molecule is CC1CCC(CN)(N2CCOCC2C)CC1C. The summed E-state index contributed by atoms with van der Waals surface area (Å²) >= 11 is 0. The minimum absolute atomic E-state index is 0.245. The molecule has 1 heterocycles. The Labute approximate surface area is 106 Å². The molecular weight excluding hydrogens is 212 g/mol. The molecule has 0 radical (unpaired) electrons. The van der Waals surface area contributed by atoms with Crippen LogP contribution in [0.15, 0.2) is 0 Å². The first kappa shape index (κ1) is 13.3. The predicted molar refractivity (Wildman–Crippen MR) is 71.0 cm³/mol. The van der Waals surface area contributed by atoms with Gasteiger partial charge in [0.05, 0.1) is 13.2 Å². The van der Waals surface area contributed by atoms with Crippen LogP contribution in [0.4, 0.5) is 0 Å². The van der Waals surface area contributed by atoms with Crippen molar-refractivity contribution in [2.45, 2.75) is 51.6 Å². The van der Waals surface area contributed by atoms with Gasteiger partial charge < -0.3 is 10.5 Å². The second-order valence-electron chi connectivity index (χ2n) is 6.24. The van der Waals surface area contributed by atoms with Crippen molar-refractivity contribution in [1.82, 2.24) is 4.90 Å². The third kappa shape index (κ3) is 2.51. The molecule has 0 amide bonds. The van der Waals surface area contributed by atoms with Crippen molar-refractivity contribution >= 4 is 0 Å². The molecule has 2 fully saturated rings. The Bertz CT molecular complexity index is 259. The second-order valence-corrected chi connectivity index (χ2v) is 6.24. The summed E-state index contributed by atoms with van der Waals surface area (Å²) in [6, 6.07) is 0.521. The molecule has 0 aromatic rings. The zero-order valence-corrected chi connectivity index (χ0v) is 11.6. The molecule has 4 atom stereocenters. The van der Waals surface area contributed by atoms with E-state index in [4.69, 9.17) is 10.5 Å². The number of morpholine rings is 1. The van der Waals surface area contributed by atoms with Crippen LogP contribution in [0.1, 0.15) is 40.0 Å². The molecule has 1 aliphatic carbocycles. The van der Waals surface area contributed by atoms with E-state index in [0.29, 0.717) is 6.04 Å². The first-order chi connectivity index (χ1) is 8.09. The highest BCUT2D eigenvalue weighted by Gasteiger charge is 2.43. The lowest BCUT2D eigenvalue weighted by atomic mass is 9.70. The molecule has 1 saturated carbocycles. The molecular formula is C14H28N2O. The number of ether oxygens (including phenoxy) is 1. The van der Waals surface area contributed by atoms with Gasteiger partial charge >= 0.3 is 0 Å². The van der Waals surface area contributed by atoms with Crippen LogP contribution < -0.4 is 5.73 Å². The maximum absolute atomic E-state index is 6.16. The van der Waals surface area contributed by atoms with Crippen LogP contribution in [0, 0.1) is 11.8 Å². The van der Waals surface area contributed by atoms with E-state index in [2.05, 4.69) is 25.7 Å². The van der Waals surface area contributed by atoms with E-state index in [1.165, 1.54) is 19.3 Å². The highest BCUT2D eigenvalue weighted by atomic mass is 16.5. The van der Waals surface area contributed by atoms with Crippen LogP contribution in [0.3, 0.4) is 0 Å². The fraction of sp³-hybridized carbons (Fsp3) is 1.00. The van der Waals surface area contributed by atoms with Gasteiger partial charge in [0, 0.05) is 24.7 Å². The van der Waals surface area contributed by atoms with E-state index >= 15 is 0 Å². The van der Waals surface area contributed by atoms with E-state index in [-0.39, 0.29) is 5.54 Å². The summed E-state index contributed by atoms with van der Waals surface area (Å²) in [6.45, 7) is 10.6.